The minimum atomic E-state index is -0.267. The van der Waals surface area contributed by atoms with Crippen molar-refractivity contribution in [1.29, 1.82) is 0 Å². The summed E-state index contributed by atoms with van der Waals surface area (Å²) < 4.78 is 10.6. The third-order valence-corrected chi connectivity index (χ3v) is 3.52. The number of aliphatic hydroxyl groups excluding tert-OH is 1. The number of aromatic nitrogens is 1. The summed E-state index contributed by atoms with van der Waals surface area (Å²) in [5, 5.41) is 14.4. The Morgan fingerprint density at radius 1 is 1.10 bits per heavy atom. The number of hydrogen-bond acceptors (Lipinski definition) is 4. The summed E-state index contributed by atoms with van der Waals surface area (Å²) in [6, 6.07) is 8.58. The van der Waals surface area contributed by atoms with Gasteiger partial charge in [0, 0.05) is 0 Å². The van der Waals surface area contributed by atoms with Crippen LogP contribution in [-0.2, 0) is 6.61 Å². The maximum absolute atomic E-state index is 9.60. The lowest BCUT2D eigenvalue weighted by Crippen LogP contribution is -1.89. The minimum absolute atomic E-state index is 0.267. The average Bonchev–Trinajstić information content (AvgIpc) is 3.06. The van der Waals surface area contributed by atoms with Gasteiger partial charge in [-0.2, -0.15) is 0 Å². The molecule has 2 heterocycles. The fraction of sp³-hybridized carbons (Fsp3) is 0.0714. The van der Waals surface area contributed by atoms with E-state index < -0.39 is 0 Å². The molecular formula is C14H9Cl2NO3. The van der Waals surface area contributed by atoms with Gasteiger partial charge in [0.2, 0.25) is 0 Å². The van der Waals surface area contributed by atoms with Crippen molar-refractivity contribution in [1.82, 2.24) is 5.16 Å². The van der Waals surface area contributed by atoms with Crippen LogP contribution in [0.25, 0.3) is 22.8 Å². The molecule has 0 spiro atoms. The highest BCUT2D eigenvalue weighted by Crippen LogP contribution is 2.39. The van der Waals surface area contributed by atoms with Gasteiger partial charge >= 0.3 is 0 Å². The van der Waals surface area contributed by atoms with E-state index in [1.54, 1.807) is 30.3 Å². The Kier molecular flexibility index (Phi) is 3.53. The molecule has 6 heteroatoms. The lowest BCUT2D eigenvalue weighted by atomic mass is 10.1. The van der Waals surface area contributed by atoms with Crippen LogP contribution in [0.3, 0.4) is 0 Å². The van der Waals surface area contributed by atoms with Crippen molar-refractivity contribution >= 4 is 23.2 Å². The Bertz CT molecular complexity index is 715. The first-order valence-corrected chi connectivity index (χ1v) is 6.55. The van der Waals surface area contributed by atoms with Crippen LogP contribution >= 0.6 is 23.2 Å². The Hall–Kier alpha value is -1.75. The molecule has 1 N–H and O–H groups in total. The molecule has 0 unspecified atom stereocenters. The monoisotopic (exact) mass is 309 g/mol. The Morgan fingerprint density at radius 3 is 2.45 bits per heavy atom. The predicted octanol–water partition coefficient (Wildman–Crippen LogP) is 4.40. The number of rotatable bonds is 3. The van der Waals surface area contributed by atoms with Gasteiger partial charge in [-0.05, 0) is 24.3 Å². The number of benzene rings is 1. The summed E-state index contributed by atoms with van der Waals surface area (Å²) in [7, 11) is 0. The summed E-state index contributed by atoms with van der Waals surface area (Å²) >= 11 is 12.3. The van der Waals surface area contributed by atoms with E-state index in [4.69, 9.17) is 32.1 Å². The third kappa shape index (κ3) is 2.12. The molecule has 20 heavy (non-hydrogen) atoms. The second-order valence-electron chi connectivity index (χ2n) is 4.07. The molecule has 0 aliphatic heterocycles. The van der Waals surface area contributed by atoms with Gasteiger partial charge < -0.3 is 14.0 Å². The molecule has 102 valence electrons. The van der Waals surface area contributed by atoms with E-state index in [1.165, 1.54) is 6.26 Å². The van der Waals surface area contributed by atoms with Gasteiger partial charge in [0.05, 0.1) is 34.0 Å². The molecule has 0 fully saturated rings. The highest BCUT2D eigenvalue weighted by molar-refractivity contribution is 6.39. The zero-order valence-corrected chi connectivity index (χ0v) is 11.6. The second-order valence-corrected chi connectivity index (χ2v) is 4.89. The van der Waals surface area contributed by atoms with E-state index >= 15 is 0 Å². The molecule has 0 aliphatic carbocycles. The van der Waals surface area contributed by atoms with Gasteiger partial charge in [0.15, 0.2) is 17.2 Å². The molecule has 0 saturated heterocycles. The molecule has 0 radical (unpaired) electrons. The van der Waals surface area contributed by atoms with Crippen LogP contribution in [0.4, 0.5) is 0 Å². The van der Waals surface area contributed by atoms with E-state index in [0.717, 1.165) is 0 Å². The Labute approximate surface area is 124 Å². The van der Waals surface area contributed by atoms with Crippen LogP contribution in [0.2, 0.25) is 10.0 Å². The standard InChI is InChI=1S/C14H9Cl2NO3/c15-9-3-1-4-10(16)12(9)14-8(7-18)13(17-20-14)11-5-2-6-19-11/h1-6,18H,7H2. The average molecular weight is 310 g/mol. The van der Waals surface area contributed by atoms with Crippen LogP contribution in [0.15, 0.2) is 45.5 Å². The first-order chi connectivity index (χ1) is 9.72. The molecule has 0 bridgehead atoms. The highest BCUT2D eigenvalue weighted by atomic mass is 35.5. The molecular weight excluding hydrogens is 301 g/mol. The quantitative estimate of drug-likeness (QED) is 0.779. The summed E-state index contributed by atoms with van der Waals surface area (Å²) in [6.45, 7) is -0.267. The van der Waals surface area contributed by atoms with Crippen molar-refractivity contribution in [2.45, 2.75) is 6.61 Å². The molecule has 3 aromatic rings. The van der Waals surface area contributed by atoms with E-state index in [2.05, 4.69) is 5.16 Å². The minimum Gasteiger partial charge on any atom is -0.463 e. The number of furan rings is 1. The molecule has 0 amide bonds. The van der Waals surface area contributed by atoms with Gasteiger partial charge in [-0.15, -0.1) is 0 Å². The van der Waals surface area contributed by atoms with Crippen LogP contribution in [0, 0.1) is 0 Å². The zero-order valence-electron chi connectivity index (χ0n) is 10.1. The van der Waals surface area contributed by atoms with Gasteiger partial charge in [0.25, 0.3) is 0 Å². The Morgan fingerprint density at radius 2 is 1.85 bits per heavy atom. The van der Waals surface area contributed by atoms with Crippen LogP contribution in [0.5, 0.6) is 0 Å². The van der Waals surface area contributed by atoms with Crippen molar-refractivity contribution in [3.63, 3.8) is 0 Å². The van der Waals surface area contributed by atoms with E-state index in [9.17, 15) is 5.11 Å². The van der Waals surface area contributed by atoms with Crippen LogP contribution < -0.4 is 0 Å². The fourth-order valence-corrected chi connectivity index (χ4v) is 2.54. The molecule has 0 aliphatic rings. The Balaban J connectivity index is 2.21. The van der Waals surface area contributed by atoms with Crippen LogP contribution in [-0.4, -0.2) is 10.3 Å². The van der Waals surface area contributed by atoms with Crippen molar-refractivity contribution in [3.05, 3.63) is 52.2 Å². The fourth-order valence-electron chi connectivity index (χ4n) is 1.97. The number of aliphatic hydroxyl groups is 1. The number of nitrogens with zero attached hydrogens (tertiary/aromatic N) is 1. The van der Waals surface area contributed by atoms with Crippen molar-refractivity contribution in [3.8, 4) is 22.8 Å². The van der Waals surface area contributed by atoms with E-state index in [-0.39, 0.29) is 6.61 Å². The molecule has 0 atom stereocenters. The van der Waals surface area contributed by atoms with Crippen molar-refractivity contribution < 1.29 is 14.0 Å². The maximum atomic E-state index is 9.60. The third-order valence-electron chi connectivity index (χ3n) is 2.89. The molecule has 2 aromatic heterocycles. The molecule has 0 saturated carbocycles. The molecule has 1 aromatic carbocycles. The highest BCUT2D eigenvalue weighted by Gasteiger charge is 2.23. The van der Waals surface area contributed by atoms with Gasteiger partial charge in [-0.25, -0.2) is 0 Å². The number of halogens is 2. The van der Waals surface area contributed by atoms with Gasteiger partial charge in [-0.3, -0.25) is 0 Å². The van der Waals surface area contributed by atoms with Gasteiger partial charge in [-0.1, -0.05) is 34.4 Å². The summed E-state index contributed by atoms with van der Waals surface area (Å²) in [5.41, 5.74) is 1.42. The second kappa shape index (κ2) is 5.32. The molecule has 4 nitrogen and oxygen atoms in total. The smallest absolute Gasteiger partial charge is 0.176 e. The predicted molar refractivity (Wildman–Crippen MR) is 75.6 cm³/mol. The SMILES string of the molecule is OCc1c(-c2ccco2)noc1-c1c(Cl)cccc1Cl. The largest absolute Gasteiger partial charge is 0.463 e. The first kappa shape index (κ1) is 13.2. The summed E-state index contributed by atoms with van der Waals surface area (Å²) in [6.07, 6.45) is 1.52. The van der Waals surface area contributed by atoms with Crippen LogP contribution in [0.1, 0.15) is 5.56 Å². The normalized spacial score (nSPS) is 10.9. The lowest BCUT2D eigenvalue weighted by Gasteiger charge is -2.04. The maximum Gasteiger partial charge on any atom is 0.176 e. The van der Waals surface area contributed by atoms with E-state index in [1.807, 2.05) is 0 Å². The van der Waals surface area contributed by atoms with Crippen molar-refractivity contribution in [2.75, 3.05) is 0 Å². The topological polar surface area (TPSA) is 59.4 Å². The molecule has 3 rings (SSSR count). The lowest BCUT2D eigenvalue weighted by molar-refractivity contribution is 0.281. The number of hydrogen-bond donors (Lipinski definition) is 1. The van der Waals surface area contributed by atoms with Crippen molar-refractivity contribution in [2.24, 2.45) is 0 Å². The zero-order chi connectivity index (χ0) is 14.1. The van der Waals surface area contributed by atoms with E-state index in [0.29, 0.717) is 38.4 Å². The van der Waals surface area contributed by atoms with Gasteiger partial charge in [0.1, 0.15) is 0 Å². The summed E-state index contributed by atoms with van der Waals surface area (Å²) in [4.78, 5) is 0. The summed E-state index contributed by atoms with van der Waals surface area (Å²) in [5.74, 6) is 0.849. The first-order valence-electron chi connectivity index (χ1n) is 5.80.